The number of fused-ring (bicyclic) bond motifs is 2. The van der Waals surface area contributed by atoms with Crippen LogP contribution in [0, 0.1) is 5.82 Å². The predicted molar refractivity (Wildman–Crippen MR) is 142 cm³/mol. The quantitative estimate of drug-likeness (QED) is 0.305. The Balaban J connectivity index is 1.32. The van der Waals surface area contributed by atoms with Crippen molar-refractivity contribution in [3.05, 3.63) is 90.7 Å². The molecule has 0 atom stereocenters. The van der Waals surface area contributed by atoms with Crippen LogP contribution in [0.2, 0.25) is 0 Å². The fourth-order valence-electron chi connectivity index (χ4n) is 5.04. The van der Waals surface area contributed by atoms with Crippen molar-refractivity contribution in [2.45, 2.75) is 6.04 Å². The average molecular weight is 475 g/mol. The second-order valence-electron chi connectivity index (χ2n) is 9.31. The number of aromatic nitrogens is 4. The van der Waals surface area contributed by atoms with E-state index in [1.807, 2.05) is 60.7 Å². The van der Waals surface area contributed by atoms with Crippen LogP contribution in [0.25, 0.3) is 55.6 Å². The number of hydrogen-bond donors (Lipinski definition) is 3. The van der Waals surface area contributed by atoms with E-state index in [0.717, 1.165) is 68.9 Å². The lowest BCUT2D eigenvalue weighted by Crippen LogP contribution is -2.56. The van der Waals surface area contributed by atoms with Crippen LogP contribution in [0.4, 0.5) is 10.2 Å². The van der Waals surface area contributed by atoms with Crippen LogP contribution >= 0.6 is 0 Å². The molecule has 176 valence electrons. The Bertz CT molecular complexity index is 1740. The topological polar surface area (TPSA) is 86.6 Å². The maximum atomic E-state index is 14.6. The summed E-state index contributed by atoms with van der Waals surface area (Å²) in [5.41, 5.74) is 12.8. The molecule has 6 aromatic rings. The molecule has 1 aliphatic rings. The van der Waals surface area contributed by atoms with Gasteiger partial charge in [0.25, 0.3) is 0 Å². The summed E-state index contributed by atoms with van der Waals surface area (Å²) in [5.74, 6) is 0.704. The molecule has 7 heteroatoms. The van der Waals surface area contributed by atoms with Crippen LogP contribution in [-0.4, -0.2) is 39.3 Å². The molecule has 7 rings (SSSR count). The molecular weight excluding hydrogens is 451 g/mol. The van der Waals surface area contributed by atoms with Crippen molar-refractivity contribution in [2.75, 3.05) is 18.0 Å². The molecule has 3 aromatic heterocycles. The largest absolute Gasteiger partial charge is 0.353 e. The smallest absolute Gasteiger partial charge is 0.131 e. The molecule has 0 amide bonds. The van der Waals surface area contributed by atoms with Crippen LogP contribution in [0.1, 0.15) is 0 Å². The second kappa shape index (κ2) is 8.03. The Morgan fingerprint density at radius 2 is 1.67 bits per heavy atom. The molecule has 4 N–H and O–H groups in total. The molecule has 4 heterocycles. The average Bonchev–Trinajstić information content (AvgIpc) is 3.51. The van der Waals surface area contributed by atoms with Crippen molar-refractivity contribution in [3.8, 4) is 33.8 Å². The van der Waals surface area contributed by atoms with Gasteiger partial charge in [-0.1, -0.05) is 42.5 Å². The van der Waals surface area contributed by atoms with Crippen LogP contribution in [-0.2, 0) is 0 Å². The summed E-state index contributed by atoms with van der Waals surface area (Å²) in [7, 11) is 0. The predicted octanol–water partition coefficient (Wildman–Crippen LogP) is 5.73. The van der Waals surface area contributed by atoms with Crippen molar-refractivity contribution >= 4 is 27.6 Å². The molecule has 3 aromatic carbocycles. The molecule has 0 saturated carbocycles. The first kappa shape index (κ1) is 20.8. The third-order valence-electron chi connectivity index (χ3n) is 6.91. The molecule has 1 saturated heterocycles. The molecule has 6 nitrogen and oxygen atoms in total. The van der Waals surface area contributed by atoms with Crippen molar-refractivity contribution in [1.82, 2.24) is 20.2 Å². The zero-order valence-electron chi connectivity index (χ0n) is 19.4. The minimum Gasteiger partial charge on any atom is -0.353 e. The molecule has 0 bridgehead atoms. The Kier molecular flexibility index (Phi) is 4.65. The normalized spacial score (nSPS) is 14.0. The molecule has 0 unspecified atom stereocenters. The third kappa shape index (κ3) is 3.36. The molecular formula is C29H23FN6. The van der Waals surface area contributed by atoms with E-state index in [1.54, 1.807) is 6.07 Å². The SMILES string of the molecule is NC1CN(c2cccc(-c3ccc4[nH]nc(-c5cc6c(-c7ccccc7F)cccc6[nH]5)c4c3)n2)C1. The van der Waals surface area contributed by atoms with Gasteiger partial charge in [0.15, 0.2) is 0 Å². The van der Waals surface area contributed by atoms with Gasteiger partial charge in [0.1, 0.15) is 17.3 Å². The lowest BCUT2D eigenvalue weighted by Gasteiger charge is -2.37. The number of nitrogens with zero attached hydrogens (tertiary/aromatic N) is 3. The van der Waals surface area contributed by atoms with Crippen molar-refractivity contribution in [3.63, 3.8) is 0 Å². The van der Waals surface area contributed by atoms with Gasteiger partial charge >= 0.3 is 0 Å². The summed E-state index contributed by atoms with van der Waals surface area (Å²) in [6.45, 7) is 1.66. The van der Waals surface area contributed by atoms with Crippen LogP contribution in [0.3, 0.4) is 0 Å². The summed E-state index contributed by atoms with van der Waals surface area (Å²) < 4.78 is 14.6. The maximum absolute atomic E-state index is 14.6. The standard InChI is InChI=1S/C29H23FN6/c30-23-7-2-1-5-20(23)19-6-3-9-25-21(19)14-27(32-25)29-22-13-17(11-12-26(22)34-35-29)24-8-4-10-28(33-24)36-15-18(31)16-36/h1-14,18,32H,15-16,31H2,(H,34,35). The molecule has 0 radical (unpaired) electrons. The highest BCUT2D eigenvalue weighted by atomic mass is 19.1. The summed E-state index contributed by atoms with van der Waals surface area (Å²) in [6.07, 6.45) is 0. The number of halogens is 1. The van der Waals surface area contributed by atoms with E-state index in [-0.39, 0.29) is 11.9 Å². The first-order valence-electron chi connectivity index (χ1n) is 12.0. The van der Waals surface area contributed by atoms with Gasteiger partial charge < -0.3 is 15.6 Å². The van der Waals surface area contributed by atoms with E-state index in [9.17, 15) is 4.39 Å². The number of anilines is 1. The van der Waals surface area contributed by atoms with Gasteiger partial charge in [0.2, 0.25) is 0 Å². The lowest BCUT2D eigenvalue weighted by atomic mass is 10.0. The molecule has 0 aliphatic carbocycles. The molecule has 36 heavy (non-hydrogen) atoms. The monoisotopic (exact) mass is 474 g/mol. The summed E-state index contributed by atoms with van der Waals surface area (Å²) in [4.78, 5) is 10.5. The maximum Gasteiger partial charge on any atom is 0.131 e. The summed E-state index contributed by atoms with van der Waals surface area (Å²) >= 11 is 0. The van der Waals surface area contributed by atoms with E-state index in [0.29, 0.717) is 5.56 Å². The van der Waals surface area contributed by atoms with Crippen molar-refractivity contribution in [1.29, 1.82) is 0 Å². The number of benzene rings is 3. The van der Waals surface area contributed by atoms with Crippen molar-refractivity contribution < 1.29 is 4.39 Å². The van der Waals surface area contributed by atoms with Gasteiger partial charge in [0, 0.05) is 46.5 Å². The number of hydrogen-bond acceptors (Lipinski definition) is 4. The van der Waals surface area contributed by atoms with Crippen molar-refractivity contribution in [2.24, 2.45) is 5.73 Å². The Morgan fingerprint density at radius 3 is 2.53 bits per heavy atom. The van der Waals surface area contributed by atoms with E-state index in [1.165, 1.54) is 6.07 Å². The van der Waals surface area contributed by atoms with Crippen LogP contribution in [0.15, 0.2) is 84.9 Å². The molecule has 1 aliphatic heterocycles. The van der Waals surface area contributed by atoms with Gasteiger partial charge in [-0.25, -0.2) is 9.37 Å². The number of nitrogens with one attached hydrogen (secondary N) is 2. The Hall–Kier alpha value is -4.49. The van der Waals surface area contributed by atoms with Gasteiger partial charge in [-0.2, -0.15) is 5.10 Å². The Labute approximate surface area is 206 Å². The summed E-state index contributed by atoms with van der Waals surface area (Å²) in [5, 5.41) is 9.71. The van der Waals surface area contributed by atoms with Gasteiger partial charge in [-0.15, -0.1) is 0 Å². The summed E-state index contributed by atoms with van der Waals surface area (Å²) in [6, 6.07) is 27.3. The second-order valence-corrected chi connectivity index (χ2v) is 9.31. The fraction of sp³-hybridized carbons (Fsp3) is 0.103. The third-order valence-corrected chi connectivity index (χ3v) is 6.91. The Morgan fingerprint density at radius 1 is 0.833 bits per heavy atom. The van der Waals surface area contributed by atoms with E-state index in [2.05, 4.69) is 32.2 Å². The first-order chi connectivity index (χ1) is 17.6. The van der Waals surface area contributed by atoms with Gasteiger partial charge in [0.05, 0.1) is 16.9 Å². The zero-order valence-corrected chi connectivity index (χ0v) is 19.4. The molecule has 1 fully saturated rings. The zero-order chi connectivity index (χ0) is 24.2. The number of H-pyrrole nitrogens is 2. The number of pyridine rings is 1. The highest BCUT2D eigenvalue weighted by Gasteiger charge is 2.24. The van der Waals surface area contributed by atoms with Crippen LogP contribution < -0.4 is 10.6 Å². The van der Waals surface area contributed by atoms with Crippen LogP contribution in [0.5, 0.6) is 0 Å². The number of rotatable bonds is 4. The molecule has 0 spiro atoms. The minimum atomic E-state index is -0.238. The lowest BCUT2D eigenvalue weighted by molar-refractivity contribution is 0.515. The minimum absolute atomic E-state index is 0.218. The first-order valence-corrected chi connectivity index (χ1v) is 12.0. The van der Waals surface area contributed by atoms with Gasteiger partial charge in [-0.05, 0) is 48.0 Å². The van der Waals surface area contributed by atoms with E-state index < -0.39 is 0 Å². The van der Waals surface area contributed by atoms with E-state index >= 15 is 0 Å². The fourth-order valence-corrected chi connectivity index (χ4v) is 5.04. The van der Waals surface area contributed by atoms with E-state index in [4.69, 9.17) is 10.7 Å². The van der Waals surface area contributed by atoms with Gasteiger partial charge in [-0.3, -0.25) is 5.10 Å². The number of nitrogens with two attached hydrogens (primary N) is 1. The highest BCUT2D eigenvalue weighted by molar-refractivity contribution is 6.01. The number of aromatic amines is 2. The highest BCUT2D eigenvalue weighted by Crippen LogP contribution is 2.36.